The fourth-order valence-corrected chi connectivity index (χ4v) is 4.62. The number of fused-ring (bicyclic) bond motifs is 1. The maximum Gasteiger partial charge on any atom is 0.342 e. The van der Waals surface area contributed by atoms with Crippen LogP contribution in [0.2, 0.25) is 0 Å². The molecule has 0 aliphatic heterocycles. The molecule has 0 aliphatic rings. The fraction of sp³-hybridized carbons (Fsp3) is 0.182. The molecule has 0 amide bonds. The predicted molar refractivity (Wildman–Crippen MR) is 106 cm³/mol. The summed E-state index contributed by atoms with van der Waals surface area (Å²) in [6, 6.07) is 19.3. The number of aromatic nitrogens is 2. The van der Waals surface area contributed by atoms with Crippen LogP contribution in [0.5, 0.6) is 0 Å². The van der Waals surface area contributed by atoms with Crippen molar-refractivity contribution >= 4 is 21.7 Å². The first kappa shape index (κ1) is 16.0. The third kappa shape index (κ3) is 2.65. The van der Waals surface area contributed by atoms with Gasteiger partial charge in [0.05, 0.1) is 7.05 Å². The van der Waals surface area contributed by atoms with Gasteiger partial charge in [0, 0.05) is 11.1 Å². The second-order valence-corrected chi connectivity index (χ2v) is 7.60. The van der Waals surface area contributed by atoms with Crippen LogP contribution < -0.4 is 4.57 Å². The average molecular weight is 345 g/mol. The molecule has 2 aromatic heterocycles. The van der Waals surface area contributed by atoms with Gasteiger partial charge in [0.2, 0.25) is 5.01 Å². The van der Waals surface area contributed by atoms with E-state index in [1.165, 1.54) is 38.2 Å². The summed E-state index contributed by atoms with van der Waals surface area (Å²) in [6.07, 6.45) is 0. The Labute approximate surface area is 152 Å². The van der Waals surface area contributed by atoms with Gasteiger partial charge in [-0.1, -0.05) is 53.8 Å². The van der Waals surface area contributed by atoms with Crippen molar-refractivity contribution in [2.24, 2.45) is 7.05 Å². The lowest BCUT2D eigenvalue weighted by atomic mass is 10.0. The zero-order valence-electron chi connectivity index (χ0n) is 15.0. The first-order valence-electron chi connectivity index (χ1n) is 8.48. The second kappa shape index (κ2) is 6.08. The zero-order chi connectivity index (χ0) is 17.6. The summed E-state index contributed by atoms with van der Waals surface area (Å²) in [4.78, 5) is 5.00. The highest BCUT2D eigenvalue weighted by molar-refractivity contribution is 7.21. The topological polar surface area (TPSA) is 16.8 Å². The van der Waals surface area contributed by atoms with E-state index < -0.39 is 0 Å². The van der Waals surface area contributed by atoms with E-state index in [1.54, 1.807) is 11.3 Å². The first-order valence-corrected chi connectivity index (χ1v) is 9.30. The van der Waals surface area contributed by atoms with Gasteiger partial charge in [0.15, 0.2) is 0 Å². The summed E-state index contributed by atoms with van der Waals surface area (Å²) in [5, 5.41) is 1.10. The van der Waals surface area contributed by atoms with Crippen LogP contribution in [0, 0.1) is 20.8 Å². The van der Waals surface area contributed by atoms with Gasteiger partial charge in [0.1, 0.15) is 10.4 Å². The van der Waals surface area contributed by atoms with Gasteiger partial charge < -0.3 is 0 Å². The molecule has 25 heavy (non-hydrogen) atoms. The van der Waals surface area contributed by atoms with E-state index in [0.29, 0.717) is 0 Å². The van der Waals surface area contributed by atoms with Gasteiger partial charge in [-0.2, -0.15) is 0 Å². The molecule has 2 heterocycles. The third-order valence-electron chi connectivity index (χ3n) is 4.82. The lowest BCUT2D eigenvalue weighted by Crippen LogP contribution is -2.32. The van der Waals surface area contributed by atoms with Crippen LogP contribution >= 0.6 is 11.3 Å². The molecule has 0 atom stereocenters. The Kier molecular flexibility index (Phi) is 3.89. The normalized spacial score (nSPS) is 11.2. The van der Waals surface area contributed by atoms with E-state index in [0.717, 1.165) is 10.7 Å². The molecule has 3 heteroatoms. The van der Waals surface area contributed by atoms with Crippen LogP contribution in [-0.2, 0) is 7.05 Å². The molecule has 0 saturated heterocycles. The van der Waals surface area contributed by atoms with Crippen molar-refractivity contribution < 1.29 is 4.57 Å². The molecule has 0 unspecified atom stereocenters. The number of rotatable bonds is 2. The molecule has 2 nitrogen and oxygen atoms in total. The van der Waals surface area contributed by atoms with E-state index in [1.807, 2.05) is 0 Å². The minimum Gasteiger partial charge on any atom is -0.225 e. The molecule has 2 aromatic carbocycles. The molecule has 124 valence electrons. The molecule has 4 rings (SSSR count). The number of thiazole rings is 1. The van der Waals surface area contributed by atoms with Crippen LogP contribution in [0.15, 0.2) is 54.6 Å². The van der Waals surface area contributed by atoms with E-state index in [9.17, 15) is 0 Å². The highest BCUT2D eigenvalue weighted by Crippen LogP contribution is 2.34. The average Bonchev–Trinajstić information content (AvgIpc) is 3.01. The molecule has 0 saturated carbocycles. The molecular formula is C22H21N2S+. The Hall–Kier alpha value is -2.52. The monoisotopic (exact) mass is 345 g/mol. The van der Waals surface area contributed by atoms with Crippen molar-refractivity contribution in [3.63, 3.8) is 0 Å². The fourth-order valence-electron chi connectivity index (χ4n) is 3.44. The van der Waals surface area contributed by atoms with Crippen molar-refractivity contribution in [1.82, 2.24) is 4.98 Å². The second-order valence-electron chi connectivity index (χ2n) is 6.57. The van der Waals surface area contributed by atoms with E-state index >= 15 is 0 Å². The van der Waals surface area contributed by atoms with E-state index in [-0.39, 0.29) is 0 Å². The van der Waals surface area contributed by atoms with Crippen molar-refractivity contribution in [1.29, 1.82) is 0 Å². The summed E-state index contributed by atoms with van der Waals surface area (Å²) in [5.74, 6) is 0. The van der Waals surface area contributed by atoms with E-state index in [2.05, 4.69) is 87.0 Å². The Bertz CT molecular complexity index is 1070. The third-order valence-corrected chi connectivity index (χ3v) is 5.85. The molecule has 0 radical (unpaired) electrons. The molecule has 0 spiro atoms. The van der Waals surface area contributed by atoms with Gasteiger partial charge in [-0.25, -0.2) is 4.57 Å². The van der Waals surface area contributed by atoms with Crippen molar-refractivity contribution in [2.75, 3.05) is 0 Å². The number of hydrogen-bond acceptors (Lipinski definition) is 2. The maximum atomic E-state index is 5.00. The van der Waals surface area contributed by atoms with Crippen LogP contribution in [0.25, 0.3) is 32.2 Å². The zero-order valence-corrected chi connectivity index (χ0v) is 15.8. The minimum absolute atomic E-state index is 1.04. The summed E-state index contributed by atoms with van der Waals surface area (Å²) < 4.78 is 3.43. The summed E-state index contributed by atoms with van der Waals surface area (Å²) in [5.41, 5.74) is 8.60. The van der Waals surface area contributed by atoms with Crippen LogP contribution in [0.3, 0.4) is 0 Å². The standard InChI is InChI=1S/C22H21N2S/c1-14-8-5-6-11-17(14)18-12-13-19-21(24(18)4)23-22(25-19)20-15(2)9-7-10-16(20)3/h5-13H,1-4H3/q+1. The van der Waals surface area contributed by atoms with E-state index in [4.69, 9.17) is 4.98 Å². The molecule has 0 aliphatic carbocycles. The predicted octanol–water partition coefficient (Wildman–Crippen LogP) is 5.38. The van der Waals surface area contributed by atoms with Crippen LogP contribution in [0.1, 0.15) is 16.7 Å². The maximum absolute atomic E-state index is 5.00. The van der Waals surface area contributed by atoms with Crippen LogP contribution in [0.4, 0.5) is 0 Å². The number of nitrogens with zero attached hydrogens (tertiary/aromatic N) is 2. The Morgan fingerprint density at radius 1 is 0.800 bits per heavy atom. The van der Waals surface area contributed by atoms with Crippen LogP contribution in [-0.4, -0.2) is 4.98 Å². The quantitative estimate of drug-likeness (QED) is 0.446. The Morgan fingerprint density at radius 3 is 2.20 bits per heavy atom. The summed E-state index contributed by atoms with van der Waals surface area (Å²) in [6.45, 7) is 6.48. The smallest absolute Gasteiger partial charge is 0.225 e. The highest BCUT2D eigenvalue weighted by Gasteiger charge is 2.22. The van der Waals surface area contributed by atoms with Gasteiger partial charge in [-0.3, -0.25) is 0 Å². The number of pyridine rings is 1. The number of hydrogen-bond donors (Lipinski definition) is 0. The van der Waals surface area contributed by atoms with Crippen molar-refractivity contribution in [3.8, 4) is 21.8 Å². The summed E-state index contributed by atoms with van der Waals surface area (Å²) >= 11 is 1.77. The van der Waals surface area contributed by atoms with Crippen molar-refractivity contribution in [3.05, 3.63) is 71.3 Å². The molecule has 0 fully saturated rings. The van der Waals surface area contributed by atoms with Gasteiger partial charge in [-0.05, 0) is 54.6 Å². The molecule has 0 N–H and O–H groups in total. The largest absolute Gasteiger partial charge is 0.342 e. The molecule has 4 aromatic rings. The minimum atomic E-state index is 1.04. The summed E-state index contributed by atoms with van der Waals surface area (Å²) in [7, 11) is 2.11. The Balaban J connectivity index is 1.94. The molecule has 0 bridgehead atoms. The first-order chi connectivity index (χ1) is 12.1. The molecular weight excluding hydrogens is 324 g/mol. The van der Waals surface area contributed by atoms with Crippen molar-refractivity contribution in [2.45, 2.75) is 20.8 Å². The SMILES string of the molecule is Cc1ccccc1-c1ccc2sc(-c3c(C)cccc3C)nc2[n+]1C. The number of aryl methyl sites for hydroxylation is 4. The number of benzene rings is 2. The van der Waals surface area contributed by atoms with Gasteiger partial charge in [0.25, 0.3) is 0 Å². The van der Waals surface area contributed by atoms with Gasteiger partial charge >= 0.3 is 5.65 Å². The lowest BCUT2D eigenvalue weighted by Gasteiger charge is -2.06. The van der Waals surface area contributed by atoms with Gasteiger partial charge in [-0.15, -0.1) is 0 Å². The highest BCUT2D eigenvalue weighted by atomic mass is 32.1. The lowest BCUT2D eigenvalue weighted by molar-refractivity contribution is -0.635. The Morgan fingerprint density at radius 2 is 1.48 bits per heavy atom.